The highest BCUT2D eigenvalue weighted by Gasteiger charge is 2.29. The zero-order chi connectivity index (χ0) is 29.7. The molecule has 8 nitrogen and oxygen atoms in total. The van der Waals surface area contributed by atoms with Crippen molar-refractivity contribution in [3.8, 4) is 11.1 Å². The molecule has 0 saturated carbocycles. The molecule has 2 amide bonds. The summed E-state index contributed by atoms with van der Waals surface area (Å²) >= 11 is 0. The van der Waals surface area contributed by atoms with Crippen LogP contribution in [0.25, 0.3) is 11.1 Å². The summed E-state index contributed by atoms with van der Waals surface area (Å²) in [5.41, 5.74) is 5.87. The minimum absolute atomic E-state index is 0.0429. The maximum Gasteiger partial charge on any atom is 0.407 e. The number of nitrogens with one attached hydrogen (secondary N) is 2. The van der Waals surface area contributed by atoms with Crippen LogP contribution in [0.15, 0.2) is 78.9 Å². The van der Waals surface area contributed by atoms with Crippen LogP contribution in [0.4, 0.5) is 4.79 Å². The van der Waals surface area contributed by atoms with E-state index < -0.39 is 18.1 Å². The maximum absolute atomic E-state index is 12.3. The predicted octanol–water partition coefficient (Wildman–Crippen LogP) is 5.57. The van der Waals surface area contributed by atoms with Crippen LogP contribution < -0.4 is 10.6 Å². The van der Waals surface area contributed by atoms with Crippen molar-refractivity contribution in [1.82, 2.24) is 15.5 Å². The minimum atomic E-state index is -1.04. The fourth-order valence-corrected chi connectivity index (χ4v) is 5.50. The Labute approximate surface area is 248 Å². The summed E-state index contributed by atoms with van der Waals surface area (Å²) in [4.78, 5) is 38.2. The lowest BCUT2D eigenvalue weighted by atomic mass is 9.98. The van der Waals surface area contributed by atoms with Gasteiger partial charge in [0.15, 0.2) is 0 Å². The van der Waals surface area contributed by atoms with E-state index in [1.807, 2.05) is 66.5 Å². The molecule has 0 fully saturated rings. The topological polar surface area (TPSA) is 108 Å². The molecule has 8 heteroatoms. The molecule has 42 heavy (non-hydrogen) atoms. The molecule has 4 rings (SSSR count). The van der Waals surface area contributed by atoms with E-state index in [2.05, 4.69) is 34.9 Å². The summed E-state index contributed by atoms with van der Waals surface area (Å²) < 4.78 is 5.57. The molecule has 0 heterocycles. The Morgan fingerprint density at radius 3 is 2.10 bits per heavy atom. The summed E-state index contributed by atoms with van der Waals surface area (Å²) in [6.45, 7) is 1.67. The Hall–Kier alpha value is -4.17. The number of hydrogen-bond donors (Lipinski definition) is 3. The Kier molecular flexibility index (Phi) is 11.5. The maximum atomic E-state index is 12.3. The number of alkyl carbamates (subject to hydrolysis) is 1. The molecule has 1 unspecified atom stereocenters. The number of fused-ring (bicyclic) bond motifs is 3. The number of likely N-dealkylation sites (N-methyl/N-ethyl adjacent to an activating group) is 1. The largest absolute Gasteiger partial charge is 0.480 e. The number of unbranched alkanes of at least 4 members (excludes halogenated alkanes) is 4. The van der Waals surface area contributed by atoms with Crippen LogP contribution in [-0.2, 0) is 20.9 Å². The van der Waals surface area contributed by atoms with Crippen LogP contribution in [0.3, 0.4) is 0 Å². The van der Waals surface area contributed by atoms with E-state index in [0.29, 0.717) is 32.5 Å². The van der Waals surface area contributed by atoms with E-state index in [1.54, 1.807) is 0 Å². The number of hydrogen-bond acceptors (Lipinski definition) is 5. The number of carbonyl (C=O) groups is 3. The summed E-state index contributed by atoms with van der Waals surface area (Å²) in [5.74, 6) is -1.24. The molecule has 1 atom stereocenters. The van der Waals surface area contributed by atoms with Gasteiger partial charge in [0.2, 0.25) is 5.91 Å². The zero-order valence-electron chi connectivity index (χ0n) is 24.3. The lowest BCUT2D eigenvalue weighted by Crippen LogP contribution is -2.47. The number of carbonyl (C=O) groups excluding carboxylic acids is 2. The SMILES string of the molecule is CN(Cc1ccccc1)CC(NC(=O)CCCCCCCNC(=O)OCC1c2ccccc2-c2ccccc21)C(=O)O. The van der Waals surface area contributed by atoms with Gasteiger partial charge in [0.1, 0.15) is 12.6 Å². The van der Waals surface area contributed by atoms with Crippen LogP contribution in [0.1, 0.15) is 61.1 Å². The number of carboxylic acids is 1. The fourth-order valence-electron chi connectivity index (χ4n) is 5.50. The van der Waals surface area contributed by atoms with Crippen molar-refractivity contribution in [3.05, 3.63) is 95.6 Å². The van der Waals surface area contributed by atoms with Crippen molar-refractivity contribution in [3.63, 3.8) is 0 Å². The molecule has 3 aromatic rings. The van der Waals surface area contributed by atoms with Gasteiger partial charge in [-0.25, -0.2) is 9.59 Å². The van der Waals surface area contributed by atoms with Crippen LogP contribution in [-0.4, -0.2) is 60.8 Å². The second-order valence-corrected chi connectivity index (χ2v) is 10.9. The Balaban J connectivity index is 1.05. The third-order valence-electron chi connectivity index (χ3n) is 7.62. The van der Waals surface area contributed by atoms with Crippen molar-refractivity contribution in [1.29, 1.82) is 0 Å². The van der Waals surface area contributed by atoms with Gasteiger partial charge in [0.05, 0.1) is 0 Å². The van der Waals surface area contributed by atoms with Gasteiger partial charge in [0, 0.05) is 32.0 Å². The normalized spacial score (nSPS) is 12.8. The van der Waals surface area contributed by atoms with Gasteiger partial charge in [-0.3, -0.25) is 9.69 Å². The van der Waals surface area contributed by atoms with Gasteiger partial charge in [0.25, 0.3) is 0 Å². The van der Waals surface area contributed by atoms with E-state index in [-0.39, 0.29) is 18.4 Å². The van der Waals surface area contributed by atoms with Crippen LogP contribution in [0, 0.1) is 0 Å². The second-order valence-electron chi connectivity index (χ2n) is 10.9. The number of carboxylic acid groups (broad SMARTS) is 1. The Bertz CT molecular complexity index is 1280. The Morgan fingerprint density at radius 2 is 1.43 bits per heavy atom. The summed E-state index contributed by atoms with van der Waals surface area (Å²) in [6, 6.07) is 25.4. The van der Waals surface area contributed by atoms with E-state index in [0.717, 1.165) is 31.2 Å². The summed E-state index contributed by atoms with van der Waals surface area (Å²) in [7, 11) is 1.84. The molecule has 1 aliphatic rings. The third kappa shape index (κ3) is 8.91. The van der Waals surface area contributed by atoms with Gasteiger partial charge in [-0.05, 0) is 47.7 Å². The molecule has 222 valence electrons. The lowest BCUT2D eigenvalue weighted by Gasteiger charge is -2.22. The average Bonchev–Trinajstić information content (AvgIpc) is 3.31. The van der Waals surface area contributed by atoms with E-state index in [4.69, 9.17) is 4.74 Å². The first kappa shape index (κ1) is 30.8. The zero-order valence-corrected chi connectivity index (χ0v) is 24.3. The van der Waals surface area contributed by atoms with Crippen molar-refractivity contribution in [2.24, 2.45) is 0 Å². The average molecular weight is 572 g/mol. The highest BCUT2D eigenvalue weighted by atomic mass is 16.5. The van der Waals surface area contributed by atoms with E-state index in [1.165, 1.54) is 22.3 Å². The molecule has 3 N–H and O–H groups in total. The first-order valence-corrected chi connectivity index (χ1v) is 14.8. The van der Waals surface area contributed by atoms with Crippen molar-refractivity contribution in [2.45, 2.75) is 57.0 Å². The van der Waals surface area contributed by atoms with Gasteiger partial charge in [-0.15, -0.1) is 0 Å². The molecular formula is C34H41N3O5. The molecular weight excluding hydrogens is 530 g/mol. The van der Waals surface area contributed by atoms with Gasteiger partial charge in [-0.1, -0.05) is 98.1 Å². The number of rotatable bonds is 16. The quantitative estimate of drug-likeness (QED) is 0.194. The molecule has 0 saturated heterocycles. The molecule has 0 bridgehead atoms. The fraction of sp³-hybridized carbons (Fsp3) is 0.382. The first-order valence-electron chi connectivity index (χ1n) is 14.8. The van der Waals surface area contributed by atoms with Gasteiger partial charge in [-0.2, -0.15) is 0 Å². The second kappa shape index (κ2) is 15.7. The third-order valence-corrected chi connectivity index (χ3v) is 7.62. The number of benzene rings is 3. The van der Waals surface area contributed by atoms with Crippen LogP contribution in [0.5, 0.6) is 0 Å². The monoisotopic (exact) mass is 571 g/mol. The molecule has 0 spiro atoms. The number of nitrogens with zero attached hydrogens (tertiary/aromatic N) is 1. The van der Waals surface area contributed by atoms with Crippen LogP contribution in [0.2, 0.25) is 0 Å². The molecule has 0 aromatic heterocycles. The number of amides is 2. The number of aliphatic carboxylic acids is 1. The van der Waals surface area contributed by atoms with Crippen molar-refractivity contribution >= 4 is 18.0 Å². The summed E-state index contributed by atoms with van der Waals surface area (Å²) in [5, 5.41) is 15.1. The highest BCUT2D eigenvalue weighted by molar-refractivity contribution is 5.83. The smallest absolute Gasteiger partial charge is 0.407 e. The molecule has 3 aromatic carbocycles. The van der Waals surface area contributed by atoms with E-state index in [9.17, 15) is 19.5 Å². The van der Waals surface area contributed by atoms with Crippen LogP contribution >= 0.6 is 0 Å². The van der Waals surface area contributed by atoms with E-state index >= 15 is 0 Å². The molecule has 1 aliphatic carbocycles. The number of ether oxygens (including phenoxy) is 1. The molecule has 0 aliphatic heterocycles. The van der Waals surface area contributed by atoms with Gasteiger partial charge >= 0.3 is 12.1 Å². The minimum Gasteiger partial charge on any atom is -0.480 e. The summed E-state index contributed by atoms with van der Waals surface area (Å²) in [6.07, 6.45) is 4.13. The molecule has 0 radical (unpaired) electrons. The van der Waals surface area contributed by atoms with Gasteiger partial charge < -0.3 is 20.5 Å². The first-order chi connectivity index (χ1) is 20.4. The van der Waals surface area contributed by atoms with Crippen molar-refractivity contribution in [2.75, 3.05) is 26.7 Å². The Morgan fingerprint density at radius 1 is 0.833 bits per heavy atom. The van der Waals surface area contributed by atoms with Crippen molar-refractivity contribution < 1.29 is 24.2 Å². The standard InChI is InChI=1S/C34H41N3O5/c1-37(22-25-14-6-5-7-15-25)23-31(33(39)40)36-32(38)20-8-3-2-4-13-21-35-34(41)42-24-30-28-18-11-9-16-26(28)27-17-10-12-19-29(27)30/h5-7,9-12,14-19,30-31H,2-4,8,13,20-24H2,1H3,(H,35,41)(H,36,38)(H,39,40). The lowest BCUT2D eigenvalue weighted by molar-refractivity contribution is -0.142. The predicted molar refractivity (Wildman–Crippen MR) is 163 cm³/mol. The highest BCUT2D eigenvalue weighted by Crippen LogP contribution is 2.44.